The highest BCUT2D eigenvalue weighted by atomic mass is 19.3. The molecule has 1 fully saturated rings. The molecule has 0 aromatic rings. The second kappa shape index (κ2) is 2.92. The second-order valence-corrected chi connectivity index (χ2v) is 1.98. The molecular formula is C5H7F2NO2. The SMILES string of the molecule is O=C1COCN1CC(F)F. The Morgan fingerprint density at radius 3 is 2.80 bits per heavy atom. The molecule has 0 atom stereocenters. The largest absolute Gasteiger partial charge is 0.351 e. The summed E-state index contributed by atoms with van der Waals surface area (Å²) >= 11 is 0. The Bertz CT molecular complexity index is 140. The molecule has 0 aliphatic carbocycles. The van der Waals surface area contributed by atoms with Gasteiger partial charge in [0, 0.05) is 0 Å². The van der Waals surface area contributed by atoms with Crippen molar-refractivity contribution in [3.05, 3.63) is 0 Å². The molecule has 1 heterocycles. The number of rotatable bonds is 2. The minimum absolute atomic E-state index is 0.00315. The maximum atomic E-state index is 11.6. The molecule has 0 aromatic heterocycles. The van der Waals surface area contributed by atoms with Crippen molar-refractivity contribution in [2.45, 2.75) is 6.43 Å². The van der Waals surface area contributed by atoms with Crippen molar-refractivity contribution in [2.24, 2.45) is 0 Å². The highest BCUT2D eigenvalue weighted by Crippen LogP contribution is 2.04. The van der Waals surface area contributed by atoms with E-state index < -0.39 is 13.0 Å². The summed E-state index contributed by atoms with van der Waals surface area (Å²) in [6, 6.07) is 0. The van der Waals surface area contributed by atoms with Crippen LogP contribution in [0.15, 0.2) is 0 Å². The average molecular weight is 151 g/mol. The quantitative estimate of drug-likeness (QED) is 0.558. The number of alkyl halides is 2. The fraction of sp³-hybridized carbons (Fsp3) is 0.800. The second-order valence-electron chi connectivity index (χ2n) is 1.98. The van der Waals surface area contributed by atoms with Gasteiger partial charge in [0.05, 0.1) is 6.54 Å². The summed E-state index contributed by atoms with van der Waals surface area (Å²) in [6.07, 6.45) is -2.47. The van der Waals surface area contributed by atoms with E-state index >= 15 is 0 Å². The normalized spacial score (nSPS) is 19.1. The summed E-state index contributed by atoms with van der Waals surface area (Å²) in [5, 5.41) is 0. The summed E-state index contributed by atoms with van der Waals surface area (Å²) in [6.45, 7) is -0.575. The molecule has 1 saturated heterocycles. The predicted octanol–water partition coefficient (Wildman–Crippen LogP) is 0.0678. The lowest BCUT2D eigenvalue weighted by atomic mass is 10.5. The van der Waals surface area contributed by atoms with E-state index in [1.165, 1.54) is 0 Å². The van der Waals surface area contributed by atoms with E-state index in [1.807, 2.05) is 0 Å². The fourth-order valence-corrected chi connectivity index (χ4v) is 0.728. The maximum absolute atomic E-state index is 11.6. The zero-order chi connectivity index (χ0) is 7.56. The van der Waals surface area contributed by atoms with Crippen LogP contribution in [0.2, 0.25) is 0 Å². The molecule has 0 unspecified atom stereocenters. The van der Waals surface area contributed by atoms with Crippen molar-refractivity contribution in [3.63, 3.8) is 0 Å². The Morgan fingerprint density at radius 2 is 2.40 bits per heavy atom. The zero-order valence-electron chi connectivity index (χ0n) is 5.22. The summed E-state index contributed by atoms with van der Waals surface area (Å²) in [4.78, 5) is 11.6. The van der Waals surface area contributed by atoms with Gasteiger partial charge in [0.15, 0.2) is 0 Å². The first kappa shape index (κ1) is 7.40. The molecule has 3 nitrogen and oxygen atoms in total. The van der Waals surface area contributed by atoms with Crippen molar-refractivity contribution in [1.29, 1.82) is 0 Å². The minimum Gasteiger partial charge on any atom is -0.351 e. The molecule has 1 amide bonds. The maximum Gasteiger partial charge on any atom is 0.256 e. The number of carbonyl (C=O) groups is 1. The molecule has 1 rings (SSSR count). The van der Waals surface area contributed by atoms with Gasteiger partial charge < -0.3 is 9.64 Å². The molecular weight excluding hydrogens is 144 g/mol. The van der Waals surface area contributed by atoms with Gasteiger partial charge in [0.1, 0.15) is 13.3 Å². The Labute approximate surface area is 56.6 Å². The van der Waals surface area contributed by atoms with Crippen LogP contribution in [-0.4, -0.2) is 37.1 Å². The molecule has 0 N–H and O–H groups in total. The van der Waals surface area contributed by atoms with Crippen LogP contribution in [0, 0.1) is 0 Å². The Balaban J connectivity index is 2.33. The van der Waals surface area contributed by atoms with Crippen LogP contribution >= 0.6 is 0 Å². The molecule has 1 aliphatic heterocycles. The number of hydrogen-bond acceptors (Lipinski definition) is 2. The van der Waals surface area contributed by atoms with Crippen LogP contribution in [0.25, 0.3) is 0 Å². The van der Waals surface area contributed by atoms with E-state index in [1.54, 1.807) is 0 Å². The third-order valence-electron chi connectivity index (χ3n) is 1.18. The van der Waals surface area contributed by atoms with Gasteiger partial charge in [0.2, 0.25) is 0 Å². The van der Waals surface area contributed by atoms with E-state index in [0.717, 1.165) is 4.90 Å². The molecule has 58 valence electrons. The Kier molecular flexibility index (Phi) is 2.16. The molecule has 1 aliphatic rings. The Hall–Kier alpha value is -0.710. The highest BCUT2D eigenvalue weighted by Gasteiger charge is 2.23. The third-order valence-corrected chi connectivity index (χ3v) is 1.18. The zero-order valence-corrected chi connectivity index (χ0v) is 5.22. The summed E-state index contributed by atoms with van der Waals surface area (Å²) < 4.78 is 27.8. The van der Waals surface area contributed by atoms with Crippen molar-refractivity contribution in [1.82, 2.24) is 4.90 Å². The first-order valence-corrected chi connectivity index (χ1v) is 2.84. The van der Waals surface area contributed by atoms with Crippen LogP contribution in [0.5, 0.6) is 0 Å². The number of ether oxygens (including phenoxy) is 1. The lowest BCUT2D eigenvalue weighted by Crippen LogP contribution is -2.30. The van der Waals surface area contributed by atoms with Gasteiger partial charge in [-0.15, -0.1) is 0 Å². The van der Waals surface area contributed by atoms with Crippen LogP contribution in [0.4, 0.5) is 8.78 Å². The average Bonchev–Trinajstić information content (AvgIpc) is 2.15. The molecule has 0 spiro atoms. The van der Waals surface area contributed by atoms with Gasteiger partial charge in [-0.25, -0.2) is 8.78 Å². The first-order chi connectivity index (χ1) is 4.70. The van der Waals surface area contributed by atoms with Gasteiger partial charge in [-0.3, -0.25) is 4.79 Å². The topological polar surface area (TPSA) is 29.5 Å². The van der Waals surface area contributed by atoms with Crippen molar-refractivity contribution >= 4 is 5.91 Å². The predicted molar refractivity (Wildman–Crippen MR) is 28.5 cm³/mol. The minimum atomic E-state index is -2.47. The molecule has 0 aromatic carbocycles. The smallest absolute Gasteiger partial charge is 0.256 e. The van der Waals surface area contributed by atoms with Crippen molar-refractivity contribution in [3.8, 4) is 0 Å². The number of halogens is 2. The molecule has 0 bridgehead atoms. The van der Waals surface area contributed by atoms with Crippen LogP contribution in [0.1, 0.15) is 0 Å². The van der Waals surface area contributed by atoms with Gasteiger partial charge in [-0.2, -0.15) is 0 Å². The van der Waals surface area contributed by atoms with E-state index in [9.17, 15) is 13.6 Å². The van der Waals surface area contributed by atoms with Crippen LogP contribution in [-0.2, 0) is 9.53 Å². The van der Waals surface area contributed by atoms with E-state index in [0.29, 0.717) is 0 Å². The summed E-state index contributed by atoms with van der Waals surface area (Å²) in [5.74, 6) is -0.361. The summed E-state index contributed by atoms with van der Waals surface area (Å²) in [7, 11) is 0. The van der Waals surface area contributed by atoms with Gasteiger partial charge in [-0.1, -0.05) is 0 Å². The number of amides is 1. The third kappa shape index (κ3) is 1.63. The number of hydrogen-bond donors (Lipinski definition) is 0. The lowest BCUT2D eigenvalue weighted by molar-refractivity contribution is -0.128. The van der Waals surface area contributed by atoms with Gasteiger partial charge in [0.25, 0.3) is 12.3 Å². The van der Waals surface area contributed by atoms with E-state index in [2.05, 4.69) is 4.74 Å². The van der Waals surface area contributed by atoms with Crippen LogP contribution < -0.4 is 0 Å². The summed E-state index contributed by atoms with van der Waals surface area (Å²) in [5.41, 5.74) is 0. The lowest BCUT2D eigenvalue weighted by Gasteiger charge is -2.11. The van der Waals surface area contributed by atoms with E-state index in [-0.39, 0.29) is 19.2 Å². The Morgan fingerprint density at radius 1 is 1.70 bits per heavy atom. The fourth-order valence-electron chi connectivity index (χ4n) is 0.728. The number of nitrogens with zero attached hydrogens (tertiary/aromatic N) is 1. The molecule has 10 heavy (non-hydrogen) atoms. The van der Waals surface area contributed by atoms with Crippen molar-refractivity contribution < 1.29 is 18.3 Å². The van der Waals surface area contributed by atoms with Gasteiger partial charge in [-0.05, 0) is 0 Å². The molecule has 0 saturated carbocycles. The number of carbonyl (C=O) groups excluding carboxylic acids is 1. The highest BCUT2D eigenvalue weighted by molar-refractivity contribution is 5.78. The first-order valence-electron chi connectivity index (χ1n) is 2.84. The molecule has 0 radical (unpaired) electrons. The monoisotopic (exact) mass is 151 g/mol. The van der Waals surface area contributed by atoms with Crippen molar-refractivity contribution in [2.75, 3.05) is 19.9 Å². The standard InChI is InChI=1S/C5H7F2NO2/c6-4(7)1-8-3-10-2-5(8)9/h4H,1-3H2. The van der Waals surface area contributed by atoms with Crippen LogP contribution in [0.3, 0.4) is 0 Å². The molecule has 5 heteroatoms. The van der Waals surface area contributed by atoms with E-state index in [4.69, 9.17) is 0 Å². The van der Waals surface area contributed by atoms with Gasteiger partial charge >= 0.3 is 0 Å².